The molecular formula is C19H33IN6. The first-order valence-electron chi connectivity index (χ1n) is 9.92. The van der Waals surface area contributed by atoms with Crippen molar-refractivity contribution in [2.24, 2.45) is 10.9 Å². The van der Waals surface area contributed by atoms with Gasteiger partial charge >= 0.3 is 0 Å². The van der Waals surface area contributed by atoms with Gasteiger partial charge in [0, 0.05) is 51.7 Å². The summed E-state index contributed by atoms with van der Waals surface area (Å²) in [6, 6.07) is 1.86. The van der Waals surface area contributed by atoms with Crippen molar-refractivity contribution in [3.05, 3.63) is 18.5 Å². The van der Waals surface area contributed by atoms with Crippen LogP contribution in [0.5, 0.6) is 0 Å². The Morgan fingerprint density at radius 3 is 2.50 bits per heavy atom. The van der Waals surface area contributed by atoms with E-state index in [1.165, 1.54) is 38.5 Å². The van der Waals surface area contributed by atoms with Crippen LogP contribution in [0.3, 0.4) is 0 Å². The second-order valence-electron chi connectivity index (χ2n) is 7.05. The van der Waals surface area contributed by atoms with E-state index in [2.05, 4.69) is 32.0 Å². The third-order valence-corrected chi connectivity index (χ3v) is 5.26. The number of hydrogen-bond acceptors (Lipinski definition) is 4. The van der Waals surface area contributed by atoms with Gasteiger partial charge in [-0.15, -0.1) is 24.0 Å². The Bertz CT molecular complexity index is 524. The van der Waals surface area contributed by atoms with Crippen molar-refractivity contribution in [2.75, 3.05) is 44.2 Å². The van der Waals surface area contributed by atoms with Gasteiger partial charge in [-0.3, -0.25) is 4.99 Å². The quantitative estimate of drug-likeness (QED) is 0.299. The molecule has 2 heterocycles. The monoisotopic (exact) mass is 472 g/mol. The number of rotatable bonds is 6. The first kappa shape index (κ1) is 21.2. The highest BCUT2D eigenvalue weighted by atomic mass is 127. The van der Waals surface area contributed by atoms with E-state index in [9.17, 15) is 0 Å². The summed E-state index contributed by atoms with van der Waals surface area (Å²) in [6.45, 7) is 7.82. The largest absolute Gasteiger partial charge is 0.357 e. The average molecular weight is 472 g/mol. The molecule has 1 saturated carbocycles. The smallest absolute Gasteiger partial charge is 0.225 e. The summed E-state index contributed by atoms with van der Waals surface area (Å²) in [7, 11) is 0. The van der Waals surface area contributed by atoms with Crippen LogP contribution in [0, 0.1) is 5.92 Å². The minimum atomic E-state index is 0. The third kappa shape index (κ3) is 6.25. The van der Waals surface area contributed by atoms with Gasteiger partial charge in [-0.1, -0.05) is 25.7 Å². The summed E-state index contributed by atoms with van der Waals surface area (Å²) in [5.41, 5.74) is 0. The maximum atomic E-state index is 4.88. The van der Waals surface area contributed by atoms with E-state index in [0.717, 1.165) is 57.1 Å². The standard InChI is InChI=1S/C19H32N6.HI/c1-2-20-18(21-10-5-9-17-7-3-4-8-17)24-13-15-25(16-14-24)19-22-11-6-12-23-19;/h6,11-12,17H,2-5,7-10,13-16H2,1H3,(H,20,21);1H. The molecule has 0 unspecified atom stereocenters. The van der Waals surface area contributed by atoms with E-state index in [1.807, 2.05) is 18.5 Å². The van der Waals surface area contributed by atoms with Crippen LogP contribution in [0.2, 0.25) is 0 Å². The van der Waals surface area contributed by atoms with Crippen LogP contribution in [0.1, 0.15) is 45.4 Å². The molecule has 7 heteroatoms. The Hall–Kier alpha value is -1.12. The van der Waals surface area contributed by atoms with Gasteiger partial charge in [-0.05, 0) is 31.7 Å². The highest BCUT2D eigenvalue weighted by Crippen LogP contribution is 2.28. The Labute approximate surface area is 174 Å². The molecule has 3 rings (SSSR count). The summed E-state index contributed by atoms with van der Waals surface area (Å²) >= 11 is 0. The second kappa shape index (κ2) is 11.6. The molecule has 1 aromatic rings. The number of aliphatic imine (C=N–C) groups is 1. The minimum absolute atomic E-state index is 0. The van der Waals surface area contributed by atoms with Crippen molar-refractivity contribution in [2.45, 2.75) is 45.4 Å². The van der Waals surface area contributed by atoms with Crippen molar-refractivity contribution >= 4 is 35.9 Å². The predicted octanol–water partition coefficient (Wildman–Crippen LogP) is 3.15. The topological polar surface area (TPSA) is 56.7 Å². The summed E-state index contributed by atoms with van der Waals surface area (Å²) in [5, 5.41) is 3.46. The summed E-state index contributed by atoms with van der Waals surface area (Å²) in [5.74, 6) is 2.87. The zero-order valence-electron chi connectivity index (χ0n) is 15.9. The molecular weight excluding hydrogens is 439 g/mol. The Morgan fingerprint density at radius 1 is 1.15 bits per heavy atom. The van der Waals surface area contributed by atoms with E-state index in [0.29, 0.717) is 0 Å². The normalized spacial score (nSPS) is 18.7. The number of guanidine groups is 1. The molecule has 1 aliphatic carbocycles. The zero-order valence-corrected chi connectivity index (χ0v) is 18.3. The van der Waals surface area contributed by atoms with E-state index in [4.69, 9.17) is 4.99 Å². The Kier molecular flexibility index (Phi) is 9.42. The molecule has 0 spiro atoms. The van der Waals surface area contributed by atoms with Crippen LogP contribution < -0.4 is 10.2 Å². The lowest BCUT2D eigenvalue weighted by Gasteiger charge is -2.36. The zero-order chi connectivity index (χ0) is 17.3. The van der Waals surface area contributed by atoms with Crippen LogP contribution >= 0.6 is 24.0 Å². The number of aromatic nitrogens is 2. The summed E-state index contributed by atoms with van der Waals surface area (Å²) < 4.78 is 0. The summed E-state index contributed by atoms with van der Waals surface area (Å²) in [6.07, 6.45) is 11.9. The molecule has 6 nitrogen and oxygen atoms in total. The lowest BCUT2D eigenvalue weighted by atomic mass is 10.0. The molecule has 2 aliphatic rings. The van der Waals surface area contributed by atoms with E-state index in [-0.39, 0.29) is 24.0 Å². The molecule has 1 N–H and O–H groups in total. The maximum Gasteiger partial charge on any atom is 0.225 e. The van der Waals surface area contributed by atoms with Gasteiger partial charge in [0.15, 0.2) is 5.96 Å². The number of piperazine rings is 1. The molecule has 0 aromatic carbocycles. The molecule has 0 atom stereocenters. The van der Waals surface area contributed by atoms with Crippen LogP contribution in [-0.4, -0.2) is 60.1 Å². The lowest BCUT2D eigenvalue weighted by Crippen LogP contribution is -2.53. The summed E-state index contributed by atoms with van der Waals surface area (Å²) in [4.78, 5) is 18.2. The number of nitrogens with one attached hydrogen (secondary N) is 1. The predicted molar refractivity (Wildman–Crippen MR) is 118 cm³/mol. The van der Waals surface area contributed by atoms with Crippen LogP contribution in [0.15, 0.2) is 23.5 Å². The molecule has 1 aromatic heterocycles. The molecule has 2 fully saturated rings. The second-order valence-corrected chi connectivity index (χ2v) is 7.05. The first-order valence-corrected chi connectivity index (χ1v) is 9.92. The molecule has 1 saturated heterocycles. The minimum Gasteiger partial charge on any atom is -0.357 e. The number of hydrogen-bond donors (Lipinski definition) is 1. The molecule has 0 bridgehead atoms. The Morgan fingerprint density at radius 2 is 1.85 bits per heavy atom. The maximum absolute atomic E-state index is 4.88. The van der Waals surface area contributed by atoms with E-state index in [1.54, 1.807) is 0 Å². The van der Waals surface area contributed by atoms with Gasteiger partial charge in [-0.2, -0.15) is 0 Å². The van der Waals surface area contributed by atoms with Crippen molar-refractivity contribution in [1.82, 2.24) is 20.2 Å². The van der Waals surface area contributed by atoms with Gasteiger partial charge < -0.3 is 15.1 Å². The van der Waals surface area contributed by atoms with E-state index < -0.39 is 0 Å². The van der Waals surface area contributed by atoms with Gasteiger partial charge in [0.05, 0.1) is 0 Å². The van der Waals surface area contributed by atoms with Crippen molar-refractivity contribution < 1.29 is 0 Å². The van der Waals surface area contributed by atoms with Crippen molar-refractivity contribution in [3.63, 3.8) is 0 Å². The van der Waals surface area contributed by atoms with Gasteiger partial charge in [0.2, 0.25) is 5.95 Å². The fourth-order valence-corrected chi connectivity index (χ4v) is 3.86. The molecule has 146 valence electrons. The third-order valence-electron chi connectivity index (χ3n) is 5.26. The average Bonchev–Trinajstić information content (AvgIpc) is 3.19. The fraction of sp³-hybridized carbons (Fsp3) is 0.737. The van der Waals surface area contributed by atoms with Crippen molar-refractivity contribution in [3.8, 4) is 0 Å². The van der Waals surface area contributed by atoms with Crippen LogP contribution in [0.25, 0.3) is 0 Å². The molecule has 1 aliphatic heterocycles. The Balaban J connectivity index is 0.00000243. The van der Waals surface area contributed by atoms with Crippen LogP contribution in [-0.2, 0) is 0 Å². The SMILES string of the molecule is CCNC(=NCCCC1CCCC1)N1CCN(c2ncccn2)CC1.I. The van der Waals surface area contributed by atoms with Gasteiger partial charge in [-0.25, -0.2) is 9.97 Å². The number of anilines is 1. The highest BCUT2D eigenvalue weighted by molar-refractivity contribution is 14.0. The molecule has 26 heavy (non-hydrogen) atoms. The molecule has 0 radical (unpaired) electrons. The van der Waals surface area contributed by atoms with Gasteiger partial charge in [0.25, 0.3) is 0 Å². The molecule has 0 amide bonds. The van der Waals surface area contributed by atoms with Crippen molar-refractivity contribution in [1.29, 1.82) is 0 Å². The highest BCUT2D eigenvalue weighted by Gasteiger charge is 2.21. The number of nitrogens with zero attached hydrogens (tertiary/aromatic N) is 5. The fourth-order valence-electron chi connectivity index (χ4n) is 3.86. The first-order chi connectivity index (χ1) is 12.4. The lowest BCUT2D eigenvalue weighted by molar-refractivity contribution is 0.369. The van der Waals surface area contributed by atoms with E-state index >= 15 is 0 Å². The number of halogens is 1. The van der Waals surface area contributed by atoms with Gasteiger partial charge in [0.1, 0.15) is 0 Å². The van der Waals surface area contributed by atoms with Crippen LogP contribution in [0.4, 0.5) is 5.95 Å².